The van der Waals surface area contributed by atoms with Gasteiger partial charge in [-0.25, -0.2) is 0 Å². The second kappa shape index (κ2) is 11.6. The van der Waals surface area contributed by atoms with Crippen molar-refractivity contribution < 1.29 is 19.8 Å². The Balaban J connectivity index is 2.42. The summed E-state index contributed by atoms with van der Waals surface area (Å²) in [4.78, 5) is 22.4. The quantitative estimate of drug-likeness (QED) is 0.445. The van der Waals surface area contributed by atoms with Gasteiger partial charge in [-0.3, -0.25) is 9.59 Å². The maximum atomic E-state index is 11.9. The number of aliphatic hydroxyl groups excluding tert-OH is 1. The molecule has 1 aliphatic rings. The molecule has 2 N–H and O–H groups in total. The fourth-order valence-electron chi connectivity index (χ4n) is 2.59. The summed E-state index contributed by atoms with van der Waals surface area (Å²) < 4.78 is 0. The van der Waals surface area contributed by atoms with Crippen LogP contribution in [0.5, 0.6) is 0 Å². The first-order valence-electron chi connectivity index (χ1n) is 8.64. The van der Waals surface area contributed by atoms with Crippen LogP contribution in [0.15, 0.2) is 48.6 Å². The summed E-state index contributed by atoms with van der Waals surface area (Å²) in [6, 6.07) is 0. The van der Waals surface area contributed by atoms with Gasteiger partial charge in [0, 0.05) is 18.3 Å². The number of carboxylic acids is 1. The Morgan fingerprint density at radius 2 is 2.08 bits per heavy atom. The number of hydrogen-bond donors (Lipinski definition) is 2. The molecule has 0 heterocycles. The standard InChI is InChI=1S/C20H28O4/c1-2-3-6-9-17(21)14-12-16-13-15-19(22)18(16)10-7-4-5-8-11-20(23)24/h3-4,6-7,12-18,21H,2,5,8-11H2,1H3,(H,23,24)/t16-,17-,18-/m0/s1. The van der Waals surface area contributed by atoms with Crippen molar-refractivity contribution in [1.29, 1.82) is 0 Å². The van der Waals surface area contributed by atoms with Crippen LogP contribution >= 0.6 is 0 Å². The lowest BCUT2D eigenvalue weighted by atomic mass is 9.90. The molecule has 0 unspecified atom stereocenters. The summed E-state index contributed by atoms with van der Waals surface area (Å²) in [6.07, 6.45) is 18.2. The third-order valence-electron chi connectivity index (χ3n) is 3.97. The van der Waals surface area contributed by atoms with Gasteiger partial charge in [0.15, 0.2) is 5.78 Å². The Kier molecular flexibility index (Phi) is 9.70. The zero-order chi connectivity index (χ0) is 17.8. The van der Waals surface area contributed by atoms with Gasteiger partial charge in [-0.2, -0.15) is 0 Å². The molecule has 1 aliphatic carbocycles. The average Bonchev–Trinajstić information content (AvgIpc) is 2.89. The van der Waals surface area contributed by atoms with Crippen LogP contribution in [0.25, 0.3) is 0 Å². The number of ketones is 1. The molecular weight excluding hydrogens is 304 g/mol. The summed E-state index contributed by atoms with van der Waals surface area (Å²) in [5, 5.41) is 18.5. The highest BCUT2D eigenvalue weighted by atomic mass is 16.4. The van der Waals surface area contributed by atoms with Crippen molar-refractivity contribution >= 4 is 11.8 Å². The number of carbonyl (C=O) groups is 2. The van der Waals surface area contributed by atoms with Crippen molar-refractivity contribution in [2.24, 2.45) is 11.8 Å². The van der Waals surface area contributed by atoms with Gasteiger partial charge < -0.3 is 10.2 Å². The fraction of sp³-hybridized carbons (Fsp3) is 0.500. The van der Waals surface area contributed by atoms with Crippen molar-refractivity contribution in [3.05, 3.63) is 48.6 Å². The summed E-state index contributed by atoms with van der Waals surface area (Å²) >= 11 is 0. The van der Waals surface area contributed by atoms with Crippen LogP contribution in [-0.4, -0.2) is 28.1 Å². The number of rotatable bonds is 11. The minimum absolute atomic E-state index is 0.0194. The Bertz CT molecular complexity index is 514. The zero-order valence-corrected chi connectivity index (χ0v) is 14.3. The Morgan fingerprint density at radius 1 is 1.29 bits per heavy atom. The molecular formula is C20H28O4. The molecule has 0 aromatic heterocycles. The molecule has 0 radical (unpaired) electrons. The van der Waals surface area contributed by atoms with Crippen molar-refractivity contribution in [2.75, 3.05) is 0 Å². The molecule has 0 saturated carbocycles. The van der Waals surface area contributed by atoms with Crippen LogP contribution in [0.3, 0.4) is 0 Å². The first-order valence-corrected chi connectivity index (χ1v) is 8.64. The van der Waals surface area contributed by atoms with Crippen LogP contribution in [-0.2, 0) is 9.59 Å². The SMILES string of the molecule is CCC=CC[C@H](O)C=C[C@H]1C=CC(=O)[C@H]1CC=CCCCC(=O)O. The van der Waals surface area contributed by atoms with Crippen molar-refractivity contribution in [1.82, 2.24) is 0 Å². The molecule has 0 aromatic carbocycles. The monoisotopic (exact) mass is 332 g/mol. The molecule has 0 aliphatic heterocycles. The second-order valence-electron chi connectivity index (χ2n) is 6.01. The number of carboxylic acid groups (broad SMARTS) is 1. The van der Waals surface area contributed by atoms with Gasteiger partial charge in [-0.15, -0.1) is 0 Å². The third kappa shape index (κ3) is 8.06. The van der Waals surface area contributed by atoms with Crippen LogP contribution in [0.4, 0.5) is 0 Å². The second-order valence-corrected chi connectivity index (χ2v) is 6.01. The van der Waals surface area contributed by atoms with Crippen LogP contribution < -0.4 is 0 Å². The normalized spacial score (nSPS) is 22.3. The minimum Gasteiger partial charge on any atom is -0.481 e. The lowest BCUT2D eigenvalue weighted by Crippen LogP contribution is -2.14. The largest absolute Gasteiger partial charge is 0.481 e. The summed E-state index contributed by atoms with van der Waals surface area (Å²) in [7, 11) is 0. The fourth-order valence-corrected chi connectivity index (χ4v) is 2.59. The Labute approximate surface area is 144 Å². The van der Waals surface area contributed by atoms with Crippen LogP contribution in [0, 0.1) is 11.8 Å². The Hall–Kier alpha value is -1.94. The highest BCUT2D eigenvalue weighted by Gasteiger charge is 2.27. The number of aliphatic hydroxyl groups is 1. The first-order chi connectivity index (χ1) is 11.5. The molecule has 1 rings (SSSR count). The van der Waals surface area contributed by atoms with Gasteiger partial charge in [-0.1, -0.05) is 49.5 Å². The van der Waals surface area contributed by atoms with Crippen molar-refractivity contribution in [2.45, 2.75) is 51.6 Å². The van der Waals surface area contributed by atoms with Gasteiger partial charge in [0.25, 0.3) is 0 Å². The van der Waals surface area contributed by atoms with E-state index in [4.69, 9.17) is 5.11 Å². The lowest BCUT2D eigenvalue weighted by Gasteiger charge is -2.13. The number of allylic oxidation sites excluding steroid dienone is 6. The minimum atomic E-state index is -0.781. The van der Waals surface area contributed by atoms with Gasteiger partial charge in [0.2, 0.25) is 0 Å². The van der Waals surface area contributed by atoms with Gasteiger partial charge >= 0.3 is 5.97 Å². The van der Waals surface area contributed by atoms with Crippen molar-refractivity contribution in [3.63, 3.8) is 0 Å². The molecule has 0 fully saturated rings. The first kappa shape index (κ1) is 20.1. The number of hydrogen-bond acceptors (Lipinski definition) is 3. The maximum Gasteiger partial charge on any atom is 0.303 e. The predicted molar refractivity (Wildman–Crippen MR) is 95.6 cm³/mol. The molecule has 0 bridgehead atoms. The van der Waals surface area contributed by atoms with Gasteiger partial charge in [0.05, 0.1) is 6.10 Å². The van der Waals surface area contributed by atoms with E-state index >= 15 is 0 Å². The van der Waals surface area contributed by atoms with E-state index in [9.17, 15) is 14.7 Å². The van der Waals surface area contributed by atoms with E-state index in [1.807, 2.05) is 43.4 Å². The van der Waals surface area contributed by atoms with Gasteiger partial charge in [0.1, 0.15) is 0 Å². The smallest absolute Gasteiger partial charge is 0.303 e. The van der Waals surface area contributed by atoms with E-state index in [-0.39, 0.29) is 24.0 Å². The van der Waals surface area contributed by atoms with E-state index < -0.39 is 12.1 Å². The van der Waals surface area contributed by atoms with E-state index in [2.05, 4.69) is 0 Å². The molecule has 132 valence electrons. The van der Waals surface area contributed by atoms with E-state index in [1.54, 1.807) is 12.2 Å². The molecule has 24 heavy (non-hydrogen) atoms. The highest BCUT2D eigenvalue weighted by Crippen LogP contribution is 2.27. The molecule has 4 nitrogen and oxygen atoms in total. The van der Waals surface area contributed by atoms with Crippen LogP contribution in [0.2, 0.25) is 0 Å². The molecule has 0 aromatic rings. The molecule has 3 atom stereocenters. The Morgan fingerprint density at radius 3 is 2.79 bits per heavy atom. The number of carbonyl (C=O) groups excluding carboxylic acids is 1. The van der Waals surface area contributed by atoms with Crippen molar-refractivity contribution in [3.8, 4) is 0 Å². The lowest BCUT2D eigenvalue weighted by molar-refractivity contribution is -0.137. The summed E-state index contributed by atoms with van der Waals surface area (Å²) in [5.41, 5.74) is 0. The van der Waals surface area contributed by atoms with E-state index in [0.717, 1.165) is 6.42 Å². The van der Waals surface area contributed by atoms with Gasteiger partial charge in [-0.05, 0) is 38.2 Å². The molecule has 4 heteroatoms. The topological polar surface area (TPSA) is 74.6 Å². The molecule has 0 spiro atoms. The average molecular weight is 332 g/mol. The maximum absolute atomic E-state index is 11.9. The molecule has 0 amide bonds. The summed E-state index contributed by atoms with van der Waals surface area (Å²) in [6.45, 7) is 2.05. The third-order valence-corrected chi connectivity index (χ3v) is 3.97. The number of aliphatic carboxylic acids is 1. The predicted octanol–water partition coefficient (Wildman–Crippen LogP) is 3.83. The highest BCUT2D eigenvalue weighted by molar-refractivity contribution is 5.95. The van der Waals surface area contributed by atoms with Crippen LogP contribution in [0.1, 0.15) is 45.4 Å². The van der Waals surface area contributed by atoms with E-state index in [1.165, 1.54) is 0 Å². The number of unbranched alkanes of at least 4 members (excludes halogenated alkanes) is 1. The molecule has 0 saturated heterocycles. The van der Waals surface area contributed by atoms with E-state index in [0.29, 0.717) is 25.7 Å². The zero-order valence-electron chi connectivity index (χ0n) is 14.3. The summed E-state index contributed by atoms with van der Waals surface area (Å²) in [5.74, 6) is -0.766.